The Bertz CT molecular complexity index is 659. The zero-order valence-electron chi connectivity index (χ0n) is 14.2. The van der Waals surface area contributed by atoms with Crippen molar-refractivity contribution in [2.45, 2.75) is 19.3 Å². The van der Waals surface area contributed by atoms with Gasteiger partial charge in [-0.3, -0.25) is 0 Å². The number of hydrogen-bond donors (Lipinski definition) is 5. The summed E-state index contributed by atoms with van der Waals surface area (Å²) >= 11 is 0. The van der Waals surface area contributed by atoms with Crippen LogP contribution in [0.15, 0.2) is 42.5 Å². The van der Waals surface area contributed by atoms with Crippen molar-refractivity contribution in [2.75, 3.05) is 41.9 Å². The van der Waals surface area contributed by atoms with E-state index in [-0.39, 0.29) is 6.42 Å². The summed E-state index contributed by atoms with van der Waals surface area (Å²) in [5.74, 6) is 0. The Balaban J connectivity index is 2.00. The lowest BCUT2D eigenvalue weighted by molar-refractivity contribution is -0.0423. The predicted octanol–water partition coefficient (Wildman–Crippen LogP) is 2.06. The van der Waals surface area contributed by atoms with E-state index in [0.29, 0.717) is 13.1 Å². The van der Waals surface area contributed by atoms with Crippen LogP contribution in [0, 0.1) is 0 Å². The van der Waals surface area contributed by atoms with Gasteiger partial charge >= 0.3 is 0 Å². The summed E-state index contributed by atoms with van der Waals surface area (Å²) < 4.78 is 0. The molecule has 0 atom stereocenters. The minimum Gasteiger partial charge on any atom is -0.398 e. The number of nitrogens with two attached hydrogens (primary N) is 1. The minimum atomic E-state index is -1.30. The van der Waals surface area contributed by atoms with Crippen molar-refractivity contribution in [3.05, 3.63) is 48.0 Å². The monoisotopic (exact) mass is 330 g/mol. The van der Waals surface area contributed by atoms with Gasteiger partial charge in [0.15, 0.2) is 6.29 Å². The Morgan fingerprint density at radius 2 is 1.79 bits per heavy atom. The fourth-order valence-electron chi connectivity index (χ4n) is 2.31. The van der Waals surface area contributed by atoms with Gasteiger partial charge in [-0.2, -0.15) is 0 Å². The standard InChI is InChI=1S/C18H26N4O2/c1-22(2)16-5-3-4-14(11-16)21-12-13-10-15(6-7-17(13)19)20-9-8-18(23)24/h3-7,10-11,18,20-21,23-24H,8-9,12,19H2,1-2H3. The van der Waals surface area contributed by atoms with Gasteiger partial charge in [0.25, 0.3) is 0 Å². The van der Waals surface area contributed by atoms with Crippen molar-refractivity contribution in [2.24, 2.45) is 0 Å². The Morgan fingerprint density at radius 1 is 1.04 bits per heavy atom. The van der Waals surface area contributed by atoms with Crippen LogP contribution in [0.25, 0.3) is 0 Å². The SMILES string of the molecule is CN(C)c1cccc(NCc2cc(NCCC(O)O)ccc2N)c1. The highest BCUT2D eigenvalue weighted by Gasteiger charge is 2.04. The quantitative estimate of drug-likeness (QED) is 0.376. The fraction of sp³-hybridized carbons (Fsp3) is 0.333. The highest BCUT2D eigenvalue weighted by atomic mass is 16.5. The molecule has 0 saturated heterocycles. The van der Waals surface area contributed by atoms with Gasteiger partial charge in [0, 0.05) is 56.4 Å². The van der Waals surface area contributed by atoms with E-state index in [1.807, 2.05) is 44.4 Å². The third-order valence-electron chi connectivity index (χ3n) is 3.72. The van der Waals surface area contributed by atoms with E-state index in [9.17, 15) is 0 Å². The molecule has 2 aromatic rings. The normalized spacial score (nSPS) is 10.7. The summed E-state index contributed by atoms with van der Waals surface area (Å²) in [5.41, 5.74) is 10.8. The average molecular weight is 330 g/mol. The summed E-state index contributed by atoms with van der Waals surface area (Å²) in [6.45, 7) is 1.10. The summed E-state index contributed by atoms with van der Waals surface area (Å²) in [6, 6.07) is 13.9. The summed E-state index contributed by atoms with van der Waals surface area (Å²) in [5, 5.41) is 24.3. The van der Waals surface area contributed by atoms with Crippen LogP contribution in [-0.2, 0) is 6.54 Å². The molecular weight excluding hydrogens is 304 g/mol. The molecule has 0 aromatic heterocycles. The number of nitrogen functional groups attached to an aromatic ring is 1. The molecule has 130 valence electrons. The van der Waals surface area contributed by atoms with E-state index in [0.717, 1.165) is 28.3 Å². The second kappa shape index (κ2) is 8.42. The number of aliphatic hydroxyl groups is 2. The molecule has 6 N–H and O–H groups in total. The second-order valence-electron chi connectivity index (χ2n) is 5.91. The van der Waals surface area contributed by atoms with Crippen molar-refractivity contribution < 1.29 is 10.2 Å². The zero-order chi connectivity index (χ0) is 17.5. The highest BCUT2D eigenvalue weighted by Crippen LogP contribution is 2.21. The van der Waals surface area contributed by atoms with Crippen molar-refractivity contribution in [3.8, 4) is 0 Å². The van der Waals surface area contributed by atoms with E-state index in [1.165, 1.54) is 0 Å². The van der Waals surface area contributed by atoms with Crippen LogP contribution in [-0.4, -0.2) is 37.1 Å². The van der Waals surface area contributed by atoms with Gasteiger partial charge in [0.1, 0.15) is 0 Å². The Hall–Kier alpha value is -2.44. The van der Waals surface area contributed by atoms with Crippen LogP contribution >= 0.6 is 0 Å². The predicted molar refractivity (Wildman–Crippen MR) is 100 cm³/mol. The van der Waals surface area contributed by atoms with Crippen molar-refractivity contribution in [3.63, 3.8) is 0 Å². The number of anilines is 4. The summed E-state index contributed by atoms with van der Waals surface area (Å²) in [4.78, 5) is 2.06. The van der Waals surface area contributed by atoms with Gasteiger partial charge < -0.3 is 31.5 Å². The van der Waals surface area contributed by atoms with Gasteiger partial charge in [0.2, 0.25) is 0 Å². The van der Waals surface area contributed by atoms with E-state index >= 15 is 0 Å². The smallest absolute Gasteiger partial charge is 0.153 e. The lowest BCUT2D eigenvalue weighted by Crippen LogP contribution is -2.12. The minimum absolute atomic E-state index is 0.273. The summed E-state index contributed by atoms with van der Waals surface area (Å²) in [6.07, 6.45) is -1.02. The topological polar surface area (TPSA) is 93.8 Å². The third kappa shape index (κ3) is 5.33. The molecular formula is C18H26N4O2. The molecule has 0 aliphatic carbocycles. The molecule has 0 unspecified atom stereocenters. The van der Waals surface area contributed by atoms with Crippen molar-refractivity contribution >= 4 is 22.7 Å². The molecule has 0 spiro atoms. The fourth-order valence-corrected chi connectivity index (χ4v) is 2.31. The van der Waals surface area contributed by atoms with E-state index in [1.54, 1.807) is 0 Å². The molecule has 24 heavy (non-hydrogen) atoms. The molecule has 6 nitrogen and oxygen atoms in total. The Labute approximate surface area is 142 Å². The van der Waals surface area contributed by atoms with Crippen LogP contribution in [0.4, 0.5) is 22.7 Å². The molecule has 2 aromatic carbocycles. The largest absolute Gasteiger partial charge is 0.398 e. The molecule has 0 saturated carbocycles. The van der Waals surface area contributed by atoms with Gasteiger partial charge in [-0.15, -0.1) is 0 Å². The van der Waals surface area contributed by atoms with Crippen LogP contribution in [0.5, 0.6) is 0 Å². The first-order valence-corrected chi connectivity index (χ1v) is 7.95. The number of aliphatic hydroxyl groups excluding tert-OH is 1. The number of nitrogens with zero attached hydrogens (tertiary/aromatic N) is 1. The number of benzene rings is 2. The third-order valence-corrected chi connectivity index (χ3v) is 3.72. The molecule has 6 heteroatoms. The first-order chi connectivity index (χ1) is 11.5. The van der Waals surface area contributed by atoms with Crippen molar-refractivity contribution in [1.29, 1.82) is 0 Å². The molecule has 2 rings (SSSR count). The van der Waals surface area contributed by atoms with Crippen LogP contribution in [0.1, 0.15) is 12.0 Å². The molecule has 0 bridgehead atoms. The average Bonchev–Trinajstić information content (AvgIpc) is 2.55. The van der Waals surface area contributed by atoms with E-state index in [2.05, 4.69) is 27.7 Å². The van der Waals surface area contributed by atoms with Crippen LogP contribution in [0.3, 0.4) is 0 Å². The Kier molecular flexibility index (Phi) is 6.28. The lowest BCUT2D eigenvalue weighted by Gasteiger charge is -2.15. The van der Waals surface area contributed by atoms with Crippen LogP contribution < -0.4 is 21.3 Å². The molecule has 0 aliphatic rings. The van der Waals surface area contributed by atoms with Gasteiger partial charge in [-0.25, -0.2) is 0 Å². The molecule has 0 aliphatic heterocycles. The maximum absolute atomic E-state index is 8.88. The van der Waals surface area contributed by atoms with Gasteiger partial charge in [-0.1, -0.05) is 6.07 Å². The number of rotatable bonds is 8. The van der Waals surface area contributed by atoms with Crippen LogP contribution in [0.2, 0.25) is 0 Å². The zero-order valence-corrected chi connectivity index (χ0v) is 14.2. The maximum Gasteiger partial charge on any atom is 0.153 e. The Morgan fingerprint density at radius 3 is 2.50 bits per heavy atom. The number of nitrogens with one attached hydrogen (secondary N) is 2. The molecule has 0 amide bonds. The van der Waals surface area contributed by atoms with E-state index < -0.39 is 6.29 Å². The van der Waals surface area contributed by atoms with Gasteiger partial charge in [0.05, 0.1) is 0 Å². The highest BCUT2D eigenvalue weighted by molar-refractivity contribution is 5.60. The maximum atomic E-state index is 8.88. The van der Waals surface area contributed by atoms with E-state index in [4.69, 9.17) is 15.9 Å². The van der Waals surface area contributed by atoms with Gasteiger partial charge in [-0.05, 0) is 42.0 Å². The van der Waals surface area contributed by atoms with Crippen molar-refractivity contribution in [1.82, 2.24) is 0 Å². The second-order valence-corrected chi connectivity index (χ2v) is 5.91. The molecule has 0 fully saturated rings. The number of hydrogen-bond acceptors (Lipinski definition) is 6. The first kappa shape index (κ1) is 17.9. The molecule has 0 heterocycles. The first-order valence-electron chi connectivity index (χ1n) is 7.95. The molecule has 0 radical (unpaired) electrons. The lowest BCUT2D eigenvalue weighted by atomic mass is 10.1. The summed E-state index contributed by atoms with van der Waals surface area (Å²) in [7, 11) is 4.02.